The average molecular weight is 228 g/mol. The first-order valence-corrected chi connectivity index (χ1v) is 5.68. The summed E-state index contributed by atoms with van der Waals surface area (Å²) in [6.07, 6.45) is 0. The molecule has 0 saturated carbocycles. The van der Waals surface area contributed by atoms with Crippen LogP contribution in [0, 0.1) is 0 Å². The number of hydrogen-bond donors (Lipinski definition) is 2. The molecule has 3 heteroatoms. The Morgan fingerprint density at radius 2 is 1.82 bits per heavy atom. The minimum atomic E-state index is -0.173. The predicted octanol–water partition coefficient (Wildman–Crippen LogP) is 2.19. The smallest absolute Gasteiger partial charge is 0.241 e. The molecule has 0 fully saturated rings. The Bertz CT molecular complexity index is 531. The number of amides is 1. The van der Waals surface area contributed by atoms with Gasteiger partial charge in [-0.15, -0.1) is 0 Å². The maximum Gasteiger partial charge on any atom is 0.241 e. The number of hydrogen-bond acceptors (Lipinski definition) is 2. The van der Waals surface area contributed by atoms with Crippen LogP contribution >= 0.6 is 0 Å². The molecule has 0 bridgehead atoms. The molecule has 2 N–H and O–H groups in total. The standard InChI is InChI=1S/C14H16N2O/c1-10(14(17)16-15-2)12-9-5-7-11-6-3-4-8-13(11)12/h3-10,15H,1-2H3,(H,16,17). The molecule has 3 nitrogen and oxygen atoms in total. The fourth-order valence-corrected chi connectivity index (χ4v) is 2.00. The molecule has 0 saturated heterocycles. The van der Waals surface area contributed by atoms with Gasteiger partial charge in [0.15, 0.2) is 0 Å². The van der Waals surface area contributed by atoms with Gasteiger partial charge in [0.1, 0.15) is 0 Å². The molecule has 17 heavy (non-hydrogen) atoms. The van der Waals surface area contributed by atoms with Crippen LogP contribution in [0.5, 0.6) is 0 Å². The number of carbonyl (C=O) groups excluding carboxylic acids is 1. The van der Waals surface area contributed by atoms with E-state index in [9.17, 15) is 4.79 Å². The van der Waals surface area contributed by atoms with E-state index in [0.29, 0.717) is 0 Å². The Labute approximate surface area is 101 Å². The van der Waals surface area contributed by atoms with E-state index >= 15 is 0 Å². The zero-order chi connectivity index (χ0) is 12.3. The molecule has 0 spiro atoms. The second-order valence-corrected chi connectivity index (χ2v) is 4.03. The zero-order valence-electron chi connectivity index (χ0n) is 10.0. The largest absolute Gasteiger partial charge is 0.291 e. The topological polar surface area (TPSA) is 41.1 Å². The van der Waals surface area contributed by atoms with E-state index in [1.807, 2.05) is 37.3 Å². The summed E-state index contributed by atoms with van der Waals surface area (Å²) in [6, 6.07) is 14.2. The lowest BCUT2D eigenvalue weighted by atomic mass is 9.94. The van der Waals surface area contributed by atoms with Gasteiger partial charge in [0.25, 0.3) is 0 Å². The monoisotopic (exact) mass is 228 g/mol. The van der Waals surface area contributed by atoms with Crippen LogP contribution in [0.1, 0.15) is 18.4 Å². The van der Waals surface area contributed by atoms with Crippen LogP contribution in [-0.2, 0) is 4.79 Å². The highest BCUT2D eigenvalue weighted by atomic mass is 16.2. The summed E-state index contributed by atoms with van der Waals surface area (Å²) in [5, 5.41) is 2.29. The second kappa shape index (κ2) is 4.97. The summed E-state index contributed by atoms with van der Waals surface area (Å²) < 4.78 is 0. The molecule has 0 aromatic heterocycles. The second-order valence-electron chi connectivity index (χ2n) is 4.03. The highest BCUT2D eigenvalue weighted by Crippen LogP contribution is 2.25. The third kappa shape index (κ3) is 2.29. The van der Waals surface area contributed by atoms with Crippen molar-refractivity contribution in [3.8, 4) is 0 Å². The third-order valence-corrected chi connectivity index (χ3v) is 2.93. The number of hydrazine groups is 1. The summed E-state index contributed by atoms with van der Waals surface area (Å²) >= 11 is 0. The van der Waals surface area contributed by atoms with Crippen LogP contribution in [0.25, 0.3) is 10.8 Å². The third-order valence-electron chi connectivity index (χ3n) is 2.93. The summed E-state index contributed by atoms with van der Waals surface area (Å²) in [4.78, 5) is 11.8. The molecular formula is C14H16N2O. The Morgan fingerprint density at radius 3 is 2.59 bits per heavy atom. The minimum absolute atomic E-state index is 0.0242. The van der Waals surface area contributed by atoms with Crippen LogP contribution in [0.4, 0.5) is 0 Å². The first-order valence-electron chi connectivity index (χ1n) is 5.68. The van der Waals surface area contributed by atoms with Crippen LogP contribution in [0.2, 0.25) is 0 Å². The van der Waals surface area contributed by atoms with Gasteiger partial charge in [-0.1, -0.05) is 42.5 Å². The molecule has 2 rings (SSSR count). The van der Waals surface area contributed by atoms with E-state index in [4.69, 9.17) is 0 Å². The molecule has 88 valence electrons. The van der Waals surface area contributed by atoms with Gasteiger partial charge in [0.05, 0.1) is 5.92 Å². The van der Waals surface area contributed by atoms with Crippen molar-refractivity contribution in [1.29, 1.82) is 0 Å². The van der Waals surface area contributed by atoms with Crippen molar-refractivity contribution in [2.24, 2.45) is 0 Å². The van der Waals surface area contributed by atoms with Gasteiger partial charge < -0.3 is 0 Å². The van der Waals surface area contributed by atoms with Crippen molar-refractivity contribution in [3.05, 3.63) is 48.0 Å². The van der Waals surface area contributed by atoms with E-state index < -0.39 is 0 Å². The summed E-state index contributed by atoms with van der Waals surface area (Å²) in [6.45, 7) is 1.91. The fourth-order valence-electron chi connectivity index (χ4n) is 2.00. The maximum absolute atomic E-state index is 11.8. The van der Waals surface area contributed by atoms with Crippen LogP contribution < -0.4 is 10.9 Å². The van der Waals surface area contributed by atoms with Crippen molar-refractivity contribution >= 4 is 16.7 Å². The van der Waals surface area contributed by atoms with Crippen LogP contribution in [-0.4, -0.2) is 13.0 Å². The Morgan fingerprint density at radius 1 is 1.12 bits per heavy atom. The maximum atomic E-state index is 11.8. The summed E-state index contributed by atoms with van der Waals surface area (Å²) in [7, 11) is 1.69. The van der Waals surface area contributed by atoms with Gasteiger partial charge in [0, 0.05) is 7.05 Å². The molecule has 2 aromatic rings. The number of carbonyl (C=O) groups is 1. The Kier molecular flexibility index (Phi) is 3.40. The number of benzene rings is 2. The normalized spacial score (nSPS) is 12.4. The summed E-state index contributed by atoms with van der Waals surface area (Å²) in [5.41, 5.74) is 6.34. The molecule has 0 heterocycles. The quantitative estimate of drug-likeness (QED) is 0.791. The minimum Gasteiger partial charge on any atom is -0.291 e. The highest BCUT2D eigenvalue weighted by Gasteiger charge is 2.16. The molecule has 1 atom stereocenters. The first-order chi connectivity index (χ1) is 8.24. The van der Waals surface area contributed by atoms with E-state index in [1.165, 1.54) is 0 Å². The molecule has 0 aliphatic rings. The summed E-state index contributed by atoms with van der Waals surface area (Å²) in [5.74, 6) is -0.197. The lowest BCUT2D eigenvalue weighted by Gasteiger charge is -2.14. The molecule has 1 unspecified atom stereocenters. The number of rotatable bonds is 3. The predicted molar refractivity (Wildman–Crippen MR) is 69.6 cm³/mol. The van der Waals surface area contributed by atoms with E-state index in [2.05, 4.69) is 23.0 Å². The van der Waals surface area contributed by atoms with Gasteiger partial charge >= 0.3 is 0 Å². The number of nitrogens with one attached hydrogen (secondary N) is 2. The lowest BCUT2D eigenvalue weighted by molar-refractivity contribution is -0.123. The zero-order valence-corrected chi connectivity index (χ0v) is 10.0. The van der Waals surface area contributed by atoms with Crippen molar-refractivity contribution < 1.29 is 4.79 Å². The van der Waals surface area contributed by atoms with Gasteiger partial charge in [-0.2, -0.15) is 0 Å². The van der Waals surface area contributed by atoms with Crippen molar-refractivity contribution in [2.45, 2.75) is 12.8 Å². The highest BCUT2D eigenvalue weighted by molar-refractivity contribution is 5.92. The van der Waals surface area contributed by atoms with E-state index in [-0.39, 0.29) is 11.8 Å². The van der Waals surface area contributed by atoms with Gasteiger partial charge in [-0.05, 0) is 23.3 Å². The average Bonchev–Trinajstić information content (AvgIpc) is 2.37. The van der Waals surface area contributed by atoms with Crippen LogP contribution in [0.15, 0.2) is 42.5 Å². The molecular weight excluding hydrogens is 212 g/mol. The number of fused-ring (bicyclic) bond motifs is 1. The molecule has 0 aliphatic heterocycles. The van der Waals surface area contributed by atoms with Gasteiger partial charge in [0.2, 0.25) is 5.91 Å². The van der Waals surface area contributed by atoms with E-state index in [0.717, 1.165) is 16.3 Å². The molecule has 2 aromatic carbocycles. The Balaban J connectivity index is 2.44. The fraction of sp³-hybridized carbons (Fsp3) is 0.214. The first kappa shape index (κ1) is 11.6. The Hall–Kier alpha value is -1.87. The van der Waals surface area contributed by atoms with Crippen LogP contribution in [0.3, 0.4) is 0 Å². The molecule has 0 radical (unpaired) electrons. The van der Waals surface area contributed by atoms with E-state index in [1.54, 1.807) is 7.05 Å². The molecule has 1 amide bonds. The lowest BCUT2D eigenvalue weighted by Crippen LogP contribution is -2.37. The van der Waals surface area contributed by atoms with Crippen molar-refractivity contribution in [1.82, 2.24) is 10.9 Å². The van der Waals surface area contributed by atoms with Gasteiger partial charge in [-0.3, -0.25) is 10.2 Å². The molecule has 0 aliphatic carbocycles. The van der Waals surface area contributed by atoms with Gasteiger partial charge in [-0.25, -0.2) is 5.43 Å². The van der Waals surface area contributed by atoms with Crippen molar-refractivity contribution in [3.63, 3.8) is 0 Å². The van der Waals surface area contributed by atoms with Crippen molar-refractivity contribution in [2.75, 3.05) is 7.05 Å². The SMILES string of the molecule is CNNC(=O)C(C)c1cccc2ccccc12.